The Labute approximate surface area is 136 Å². The molecule has 3 aromatic rings. The highest BCUT2D eigenvalue weighted by molar-refractivity contribution is 6.33. The zero-order chi connectivity index (χ0) is 15.2. The molecule has 0 fully saturated rings. The summed E-state index contributed by atoms with van der Waals surface area (Å²) >= 11 is 6.35. The van der Waals surface area contributed by atoms with Crippen molar-refractivity contribution in [1.29, 1.82) is 0 Å². The van der Waals surface area contributed by atoms with Gasteiger partial charge in [0.25, 0.3) is 0 Å². The van der Waals surface area contributed by atoms with E-state index in [0.717, 1.165) is 18.8 Å². The predicted molar refractivity (Wildman–Crippen MR) is 93.1 cm³/mol. The molecule has 0 saturated heterocycles. The van der Waals surface area contributed by atoms with Crippen molar-refractivity contribution in [3.05, 3.63) is 101 Å². The Hall–Kier alpha value is -2.25. The van der Waals surface area contributed by atoms with Crippen LogP contribution in [0.25, 0.3) is 0 Å². The van der Waals surface area contributed by atoms with Gasteiger partial charge in [0.1, 0.15) is 0 Å². The van der Waals surface area contributed by atoms with Gasteiger partial charge in [0, 0.05) is 19.2 Å². The van der Waals surface area contributed by atoms with Crippen molar-refractivity contribution in [2.45, 2.75) is 13.1 Å². The Morgan fingerprint density at radius 3 is 1.77 bits per heavy atom. The molecule has 0 atom stereocenters. The first-order valence-electron chi connectivity index (χ1n) is 7.32. The molecule has 3 aromatic carbocycles. The Morgan fingerprint density at radius 2 is 1.27 bits per heavy atom. The normalized spacial score (nSPS) is 10.4. The first-order valence-corrected chi connectivity index (χ1v) is 7.70. The molecule has 109 valence electrons. The molecule has 0 aliphatic carbocycles. The minimum Gasteiger partial charge on any atom is -0.362 e. The highest BCUT2D eigenvalue weighted by Crippen LogP contribution is 2.27. The van der Waals surface area contributed by atoms with Gasteiger partial charge < -0.3 is 4.90 Å². The van der Waals surface area contributed by atoms with Gasteiger partial charge in [-0.15, -0.1) is 0 Å². The maximum Gasteiger partial charge on any atom is 0.0718 e. The summed E-state index contributed by atoms with van der Waals surface area (Å²) in [6.07, 6.45) is 0. The average Bonchev–Trinajstić information content (AvgIpc) is 2.57. The van der Waals surface area contributed by atoms with Crippen LogP contribution in [0, 0.1) is 6.07 Å². The van der Waals surface area contributed by atoms with E-state index in [9.17, 15) is 0 Å². The van der Waals surface area contributed by atoms with E-state index in [4.69, 9.17) is 11.6 Å². The number of rotatable bonds is 5. The van der Waals surface area contributed by atoms with E-state index < -0.39 is 0 Å². The number of halogens is 1. The van der Waals surface area contributed by atoms with Crippen molar-refractivity contribution in [2.24, 2.45) is 0 Å². The Balaban J connectivity index is 1.90. The van der Waals surface area contributed by atoms with Crippen molar-refractivity contribution in [2.75, 3.05) is 4.90 Å². The van der Waals surface area contributed by atoms with Crippen LogP contribution < -0.4 is 4.90 Å². The van der Waals surface area contributed by atoms with Crippen molar-refractivity contribution >= 4 is 17.3 Å². The van der Waals surface area contributed by atoms with Crippen LogP contribution in [-0.2, 0) is 13.1 Å². The molecule has 3 rings (SSSR count). The molecule has 0 amide bonds. The van der Waals surface area contributed by atoms with Crippen molar-refractivity contribution < 1.29 is 0 Å². The SMILES string of the molecule is Clc1[c]cccc1N(Cc1ccccc1)Cc1ccccc1. The van der Waals surface area contributed by atoms with Crippen molar-refractivity contribution in [3.8, 4) is 0 Å². The highest BCUT2D eigenvalue weighted by atomic mass is 35.5. The number of nitrogens with zero attached hydrogens (tertiary/aromatic N) is 1. The fraction of sp³-hybridized carbons (Fsp3) is 0.100. The fourth-order valence-corrected chi connectivity index (χ4v) is 2.73. The predicted octanol–water partition coefficient (Wildman–Crippen LogP) is 5.35. The summed E-state index contributed by atoms with van der Waals surface area (Å²) in [5, 5.41) is 0.661. The van der Waals surface area contributed by atoms with Crippen LogP contribution >= 0.6 is 11.6 Å². The molecular weight excluding hydrogens is 290 g/mol. The summed E-state index contributed by atoms with van der Waals surface area (Å²) in [5.41, 5.74) is 3.54. The van der Waals surface area contributed by atoms with E-state index in [-0.39, 0.29) is 0 Å². The molecule has 0 aliphatic rings. The lowest BCUT2D eigenvalue weighted by Crippen LogP contribution is -2.22. The van der Waals surface area contributed by atoms with E-state index in [1.165, 1.54) is 11.1 Å². The Kier molecular flexibility index (Phi) is 4.77. The molecule has 22 heavy (non-hydrogen) atoms. The van der Waals surface area contributed by atoms with Gasteiger partial charge in [-0.3, -0.25) is 0 Å². The first kappa shape index (κ1) is 14.7. The molecule has 0 heterocycles. The zero-order valence-electron chi connectivity index (χ0n) is 12.2. The van der Waals surface area contributed by atoms with Gasteiger partial charge in [-0.2, -0.15) is 0 Å². The van der Waals surface area contributed by atoms with E-state index >= 15 is 0 Å². The summed E-state index contributed by atoms with van der Waals surface area (Å²) in [5.74, 6) is 0. The van der Waals surface area contributed by atoms with E-state index in [1.54, 1.807) is 0 Å². The molecular formula is C20H17ClN. The smallest absolute Gasteiger partial charge is 0.0718 e. The van der Waals surface area contributed by atoms with E-state index in [0.29, 0.717) is 5.02 Å². The number of benzene rings is 3. The van der Waals surface area contributed by atoms with Crippen LogP contribution in [-0.4, -0.2) is 0 Å². The van der Waals surface area contributed by atoms with Crippen LogP contribution in [0.4, 0.5) is 5.69 Å². The monoisotopic (exact) mass is 306 g/mol. The average molecular weight is 307 g/mol. The standard InChI is InChI=1S/C20H17ClN/c21-19-13-7-8-14-20(19)22(15-17-9-3-1-4-10-17)16-18-11-5-2-6-12-18/h1-12,14H,15-16H2. The van der Waals surface area contributed by atoms with Crippen LogP contribution in [0.15, 0.2) is 78.9 Å². The second-order valence-corrected chi connectivity index (χ2v) is 5.57. The Bertz CT molecular complexity index is 669. The molecule has 0 N–H and O–H groups in total. The van der Waals surface area contributed by atoms with Crippen LogP contribution in [0.1, 0.15) is 11.1 Å². The lowest BCUT2D eigenvalue weighted by molar-refractivity contribution is 0.800. The summed E-state index contributed by atoms with van der Waals surface area (Å²) in [7, 11) is 0. The summed E-state index contributed by atoms with van der Waals surface area (Å²) in [6.45, 7) is 1.63. The third kappa shape index (κ3) is 3.69. The second-order valence-electron chi connectivity index (χ2n) is 5.20. The van der Waals surface area contributed by atoms with Crippen LogP contribution in [0.3, 0.4) is 0 Å². The third-order valence-corrected chi connectivity index (χ3v) is 3.86. The quantitative estimate of drug-likeness (QED) is 0.614. The minimum absolute atomic E-state index is 0.661. The molecule has 0 saturated carbocycles. The van der Waals surface area contributed by atoms with Crippen LogP contribution in [0.5, 0.6) is 0 Å². The largest absolute Gasteiger partial charge is 0.362 e. The van der Waals surface area contributed by atoms with Gasteiger partial charge in [0.15, 0.2) is 0 Å². The van der Waals surface area contributed by atoms with Gasteiger partial charge in [-0.1, -0.05) is 84.4 Å². The first-order chi connectivity index (χ1) is 10.8. The zero-order valence-corrected chi connectivity index (χ0v) is 13.0. The van der Waals surface area contributed by atoms with E-state index in [2.05, 4.69) is 59.5 Å². The number of anilines is 1. The minimum atomic E-state index is 0.661. The molecule has 1 nitrogen and oxygen atoms in total. The molecule has 0 bridgehead atoms. The van der Waals surface area contributed by atoms with Gasteiger partial charge in [-0.25, -0.2) is 0 Å². The third-order valence-electron chi connectivity index (χ3n) is 3.56. The maximum absolute atomic E-state index is 6.35. The summed E-state index contributed by atoms with van der Waals surface area (Å²) < 4.78 is 0. The maximum atomic E-state index is 6.35. The second kappa shape index (κ2) is 7.15. The fourth-order valence-electron chi connectivity index (χ4n) is 2.49. The van der Waals surface area contributed by atoms with Crippen molar-refractivity contribution in [3.63, 3.8) is 0 Å². The topological polar surface area (TPSA) is 3.24 Å². The molecule has 0 aromatic heterocycles. The van der Waals surface area contributed by atoms with Gasteiger partial charge >= 0.3 is 0 Å². The van der Waals surface area contributed by atoms with E-state index in [1.807, 2.05) is 30.3 Å². The molecule has 0 aliphatic heterocycles. The molecule has 0 unspecified atom stereocenters. The molecule has 1 radical (unpaired) electrons. The van der Waals surface area contributed by atoms with Gasteiger partial charge in [-0.05, 0) is 17.2 Å². The molecule has 0 spiro atoms. The number of hydrogen-bond acceptors (Lipinski definition) is 1. The number of hydrogen-bond donors (Lipinski definition) is 0. The van der Waals surface area contributed by atoms with Gasteiger partial charge in [0.05, 0.1) is 10.7 Å². The Morgan fingerprint density at radius 1 is 0.727 bits per heavy atom. The highest BCUT2D eigenvalue weighted by Gasteiger charge is 2.11. The van der Waals surface area contributed by atoms with Gasteiger partial charge in [0.2, 0.25) is 0 Å². The van der Waals surface area contributed by atoms with Crippen molar-refractivity contribution in [1.82, 2.24) is 0 Å². The lowest BCUT2D eigenvalue weighted by Gasteiger charge is -2.26. The summed E-state index contributed by atoms with van der Waals surface area (Å²) in [4.78, 5) is 2.28. The lowest BCUT2D eigenvalue weighted by atomic mass is 10.1. The molecule has 2 heteroatoms. The summed E-state index contributed by atoms with van der Waals surface area (Å²) in [6, 6.07) is 29.8. The van der Waals surface area contributed by atoms with Crippen LogP contribution in [0.2, 0.25) is 5.02 Å².